The highest BCUT2D eigenvalue weighted by atomic mass is 16.2. The predicted molar refractivity (Wildman–Crippen MR) is 123 cm³/mol. The topological polar surface area (TPSA) is 84.2 Å². The molecule has 5 nitrogen and oxygen atoms in total. The molecule has 162 valence electrons. The number of carbonyl (C=O) groups excluding carboxylic acids is 2. The standard InChI is InChI=1S/C26H31N3O2/c1-16(25(31)29-23-6-2-20(3-7-23)24(27)30)28-22-8-4-21(5-9-22)26-13-17-10-18(14-26)12-19(11-17)15-26/h2-9,16-19,28H,10-15H2,1H3,(H2,27,30)(H,29,31)/t16-,17?,18?,19?,26?/m1/s1. The van der Waals surface area contributed by atoms with Gasteiger partial charge in [-0.3, -0.25) is 9.59 Å². The molecule has 0 spiro atoms. The summed E-state index contributed by atoms with van der Waals surface area (Å²) in [6.45, 7) is 1.85. The van der Waals surface area contributed by atoms with Gasteiger partial charge in [-0.2, -0.15) is 0 Å². The first kappa shape index (κ1) is 20.1. The normalized spacial score (nSPS) is 29.4. The lowest BCUT2D eigenvalue weighted by atomic mass is 9.48. The molecule has 0 aliphatic heterocycles. The molecule has 2 aromatic rings. The first-order valence-electron chi connectivity index (χ1n) is 11.5. The number of carbonyl (C=O) groups is 2. The predicted octanol–water partition coefficient (Wildman–Crippen LogP) is 4.69. The molecular formula is C26H31N3O2. The van der Waals surface area contributed by atoms with E-state index in [1.54, 1.807) is 24.3 Å². The van der Waals surface area contributed by atoms with E-state index in [4.69, 9.17) is 5.73 Å². The highest BCUT2D eigenvalue weighted by Gasteiger charge is 2.51. The molecule has 5 heteroatoms. The van der Waals surface area contributed by atoms with Crippen LogP contribution in [0, 0.1) is 17.8 Å². The molecule has 1 atom stereocenters. The number of nitrogens with one attached hydrogen (secondary N) is 2. The molecule has 6 rings (SSSR count). The van der Waals surface area contributed by atoms with Crippen LogP contribution in [0.25, 0.3) is 0 Å². The summed E-state index contributed by atoms with van der Waals surface area (Å²) >= 11 is 0. The van der Waals surface area contributed by atoms with Crippen molar-refractivity contribution in [3.63, 3.8) is 0 Å². The maximum absolute atomic E-state index is 12.6. The zero-order valence-electron chi connectivity index (χ0n) is 18.1. The van der Waals surface area contributed by atoms with Gasteiger partial charge in [0, 0.05) is 16.9 Å². The van der Waals surface area contributed by atoms with Crippen LogP contribution in [0.4, 0.5) is 11.4 Å². The van der Waals surface area contributed by atoms with Gasteiger partial charge < -0.3 is 16.4 Å². The Hall–Kier alpha value is -2.82. The molecule has 4 aliphatic rings. The lowest BCUT2D eigenvalue weighted by Crippen LogP contribution is -2.48. The molecule has 0 aromatic heterocycles. The fourth-order valence-corrected chi connectivity index (χ4v) is 6.67. The number of anilines is 2. The maximum Gasteiger partial charge on any atom is 0.248 e. The average Bonchev–Trinajstić information content (AvgIpc) is 2.73. The van der Waals surface area contributed by atoms with Gasteiger partial charge in [0.25, 0.3) is 0 Å². The lowest BCUT2D eigenvalue weighted by Gasteiger charge is -2.57. The van der Waals surface area contributed by atoms with Crippen LogP contribution in [0.3, 0.4) is 0 Å². The van der Waals surface area contributed by atoms with E-state index in [0.29, 0.717) is 16.7 Å². The van der Waals surface area contributed by atoms with Crippen molar-refractivity contribution in [2.24, 2.45) is 23.5 Å². The summed E-state index contributed by atoms with van der Waals surface area (Å²) in [7, 11) is 0. The summed E-state index contributed by atoms with van der Waals surface area (Å²) in [5.74, 6) is 2.20. The van der Waals surface area contributed by atoms with E-state index in [9.17, 15) is 9.59 Å². The van der Waals surface area contributed by atoms with Crippen molar-refractivity contribution < 1.29 is 9.59 Å². The van der Waals surface area contributed by atoms with Crippen molar-refractivity contribution in [3.05, 3.63) is 59.7 Å². The SMILES string of the molecule is C[C@@H](Nc1ccc(C23CC4CC(CC(C4)C2)C3)cc1)C(=O)Nc1ccc(C(N)=O)cc1. The summed E-state index contributed by atoms with van der Waals surface area (Å²) in [5.41, 5.74) is 9.16. The second kappa shape index (κ2) is 7.70. The van der Waals surface area contributed by atoms with E-state index in [1.165, 1.54) is 44.1 Å². The van der Waals surface area contributed by atoms with Gasteiger partial charge in [-0.05, 0) is 111 Å². The smallest absolute Gasteiger partial charge is 0.248 e. The third-order valence-corrected chi connectivity index (χ3v) is 7.75. The first-order valence-corrected chi connectivity index (χ1v) is 11.5. The average molecular weight is 418 g/mol. The first-order chi connectivity index (χ1) is 14.9. The van der Waals surface area contributed by atoms with Crippen LogP contribution in [0.5, 0.6) is 0 Å². The Morgan fingerprint density at radius 2 is 1.39 bits per heavy atom. The summed E-state index contributed by atoms with van der Waals surface area (Å²) in [6.07, 6.45) is 8.45. The van der Waals surface area contributed by atoms with Gasteiger partial charge in [-0.15, -0.1) is 0 Å². The van der Waals surface area contributed by atoms with Crippen LogP contribution in [-0.2, 0) is 10.2 Å². The number of primary amides is 1. The molecule has 0 saturated heterocycles. The molecule has 4 fully saturated rings. The molecule has 4 bridgehead atoms. The third kappa shape index (κ3) is 3.93. The van der Waals surface area contributed by atoms with Gasteiger partial charge in [0.2, 0.25) is 11.8 Å². The Bertz CT molecular complexity index is 945. The molecule has 0 radical (unpaired) electrons. The minimum absolute atomic E-state index is 0.128. The second-order valence-corrected chi connectivity index (χ2v) is 10.1. The molecule has 4 saturated carbocycles. The quantitative estimate of drug-likeness (QED) is 0.637. The highest BCUT2D eigenvalue weighted by Crippen LogP contribution is 2.60. The molecule has 0 unspecified atom stereocenters. The number of amides is 2. The van der Waals surface area contributed by atoms with Crippen LogP contribution in [0.1, 0.15) is 61.4 Å². The molecule has 2 aromatic carbocycles. The summed E-state index contributed by atoms with van der Waals surface area (Å²) < 4.78 is 0. The number of hydrogen-bond donors (Lipinski definition) is 3. The second-order valence-electron chi connectivity index (χ2n) is 10.1. The Morgan fingerprint density at radius 1 is 0.871 bits per heavy atom. The van der Waals surface area contributed by atoms with E-state index >= 15 is 0 Å². The fourth-order valence-electron chi connectivity index (χ4n) is 6.67. The van der Waals surface area contributed by atoms with Gasteiger partial charge in [-0.1, -0.05) is 12.1 Å². The zero-order valence-corrected chi connectivity index (χ0v) is 18.1. The van der Waals surface area contributed by atoms with Gasteiger partial charge in [0.05, 0.1) is 0 Å². The van der Waals surface area contributed by atoms with E-state index in [2.05, 4.69) is 34.9 Å². The monoisotopic (exact) mass is 417 g/mol. The number of nitrogens with two attached hydrogens (primary N) is 1. The minimum Gasteiger partial charge on any atom is -0.374 e. The van der Waals surface area contributed by atoms with Crippen molar-refractivity contribution in [1.82, 2.24) is 0 Å². The molecular weight excluding hydrogens is 386 g/mol. The van der Waals surface area contributed by atoms with Crippen LogP contribution in [0.2, 0.25) is 0 Å². The Labute approximate surface area is 183 Å². The maximum atomic E-state index is 12.6. The van der Waals surface area contributed by atoms with Crippen LogP contribution in [0.15, 0.2) is 48.5 Å². The number of hydrogen-bond acceptors (Lipinski definition) is 3. The van der Waals surface area contributed by atoms with Crippen LogP contribution < -0.4 is 16.4 Å². The van der Waals surface area contributed by atoms with Gasteiger partial charge >= 0.3 is 0 Å². The molecule has 2 amide bonds. The Balaban J connectivity index is 1.21. The van der Waals surface area contributed by atoms with Gasteiger partial charge in [0.1, 0.15) is 6.04 Å². The molecule has 0 heterocycles. The highest BCUT2D eigenvalue weighted by molar-refractivity contribution is 5.97. The summed E-state index contributed by atoms with van der Waals surface area (Å²) in [6, 6.07) is 15.0. The zero-order chi connectivity index (χ0) is 21.6. The van der Waals surface area contributed by atoms with Crippen molar-refractivity contribution in [2.45, 2.75) is 56.9 Å². The number of benzene rings is 2. The van der Waals surface area contributed by atoms with E-state index < -0.39 is 5.91 Å². The van der Waals surface area contributed by atoms with Crippen molar-refractivity contribution in [3.8, 4) is 0 Å². The molecule has 31 heavy (non-hydrogen) atoms. The summed E-state index contributed by atoms with van der Waals surface area (Å²) in [5, 5.41) is 6.18. The van der Waals surface area contributed by atoms with E-state index in [-0.39, 0.29) is 11.9 Å². The van der Waals surface area contributed by atoms with Crippen molar-refractivity contribution in [2.75, 3.05) is 10.6 Å². The lowest BCUT2D eigenvalue weighted by molar-refractivity contribution is -0.116. The van der Waals surface area contributed by atoms with Gasteiger partial charge in [0.15, 0.2) is 0 Å². The van der Waals surface area contributed by atoms with Crippen LogP contribution in [-0.4, -0.2) is 17.9 Å². The number of rotatable bonds is 6. The Kier molecular flexibility index (Phi) is 4.99. The Morgan fingerprint density at radius 3 is 1.90 bits per heavy atom. The minimum atomic E-state index is -0.482. The fraction of sp³-hybridized carbons (Fsp3) is 0.462. The van der Waals surface area contributed by atoms with E-state index in [1.807, 2.05) is 6.92 Å². The molecule has 4 aliphatic carbocycles. The van der Waals surface area contributed by atoms with Gasteiger partial charge in [-0.25, -0.2) is 0 Å². The largest absolute Gasteiger partial charge is 0.374 e. The summed E-state index contributed by atoms with van der Waals surface area (Å²) in [4.78, 5) is 23.7. The van der Waals surface area contributed by atoms with Crippen molar-refractivity contribution >= 4 is 23.2 Å². The van der Waals surface area contributed by atoms with Crippen LogP contribution >= 0.6 is 0 Å². The molecule has 4 N–H and O–H groups in total. The van der Waals surface area contributed by atoms with Crippen molar-refractivity contribution in [1.29, 1.82) is 0 Å². The van der Waals surface area contributed by atoms with E-state index in [0.717, 1.165) is 23.4 Å². The third-order valence-electron chi connectivity index (χ3n) is 7.75.